The van der Waals surface area contributed by atoms with E-state index in [1.165, 1.54) is 6.92 Å². The van der Waals surface area contributed by atoms with Crippen molar-refractivity contribution in [3.05, 3.63) is 34.9 Å². The molecule has 2 amide bonds. The van der Waals surface area contributed by atoms with Crippen molar-refractivity contribution in [2.24, 2.45) is 5.73 Å². The van der Waals surface area contributed by atoms with E-state index in [0.29, 0.717) is 6.07 Å². The minimum atomic E-state index is -0.981. The second-order valence-electron chi connectivity index (χ2n) is 3.23. The third kappa shape index (κ3) is 2.75. The number of rotatable bonds is 3. The van der Waals surface area contributed by atoms with E-state index in [4.69, 9.17) is 5.73 Å². The van der Waals surface area contributed by atoms with Crippen molar-refractivity contribution in [1.82, 2.24) is 5.32 Å². The van der Waals surface area contributed by atoms with Crippen molar-refractivity contribution in [2.45, 2.75) is 6.92 Å². The summed E-state index contributed by atoms with van der Waals surface area (Å²) < 4.78 is 26.1. The van der Waals surface area contributed by atoms with Crippen molar-refractivity contribution >= 4 is 11.8 Å². The quantitative estimate of drug-likeness (QED) is 0.790. The van der Waals surface area contributed by atoms with E-state index in [0.717, 1.165) is 6.07 Å². The third-order valence-corrected chi connectivity index (χ3v) is 1.92. The molecule has 1 aromatic rings. The first kappa shape index (κ1) is 12.1. The van der Waals surface area contributed by atoms with Crippen LogP contribution in [0.4, 0.5) is 8.78 Å². The summed E-state index contributed by atoms with van der Waals surface area (Å²) in [6.45, 7) is 1.01. The number of amides is 2. The lowest BCUT2D eigenvalue weighted by Gasteiger charge is -2.05. The fourth-order valence-corrected chi connectivity index (χ4v) is 1.09. The van der Waals surface area contributed by atoms with Crippen LogP contribution in [0.2, 0.25) is 0 Å². The van der Waals surface area contributed by atoms with Gasteiger partial charge in [0.15, 0.2) is 0 Å². The molecule has 1 rings (SSSR count). The van der Waals surface area contributed by atoms with Gasteiger partial charge in [0.1, 0.15) is 11.6 Å². The van der Waals surface area contributed by atoms with Gasteiger partial charge >= 0.3 is 0 Å². The van der Waals surface area contributed by atoms with Gasteiger partial charge in [0.2, 0.25) is 5.91 Å². The fourth-order valence-electron chi connectivity index (χ4n) is 1.09. The molecule has 1 aromatic carbocycles. The zero-order chi connectivity index (χ0) is 12.3. The summed E-state index contributed by atoms with van der Waals surface area (Å²) >= 11 is 0. The van der Waals surface area contributed by atoms with E-state index in [1.54, 1.807) is 0 Å². The van der Waals surface area contributed by atoms with Crippen molar-refractivity contribution in [3.63, 3.8) is 0 Å². The molecule has 0 saturated heterocycles. The maximum Gasteiger partial charge on any atom is 0.254 e. The van der Waals surface area contributed by atoms with Crippen LogP contribution in [-0.4, -0.2) is 18.4 Å². The third-order valence-electron chi connectivity index (χ3n) is 1.92. The van der Waals surface area contributed by atoms with Gasteiger partial charge in [-0.2, -0.15) is 0 Å². The molecule has 0 heterocycles. The highest BCUT2D eigenvalue weighted by Crippen LogP contribution is 2.13. The summed E-state index contributed by atoms with van der Waals surface area (Å²) in [4.78, 5) is 21.7. The number of nitrogens with two attached hydrogens (primary N) is 1. The average Bonchev–Trinajstić information content (AvgIpc) is 2.20. The first-order valence-electron chi connectivity index (χ1n) is 4.44. The summed E-state index contributed by atoms with van der Waals surface area (Å²) in [6.07, 6.45) is 0. The van der Waals surface area contributed by atoms with Gasteiger partial charge in [0.05, 0.1) is 12.1 Å². The summed E-state index contributed by atoms with van der Waals surface area (Å²) in [5.41, 5.74) is 4.63. The SMILES string of the molecule is Cc1cc(C(=O)NCC(N)=O)c(F)cc1F. The van der Waals surface area contributed by atoms with Gasteiger partial charge in [-0.25, -0.2) is 8.78 Å². The molecule has 0 radical (unpaired) electrons. The molecule has 0 bridgehead atoms. The van der Waals surface area contributed by atoms with Gasteiger partial charge in [-0.05, 0) is 18.6 Å². The number of benzene rings is 1. The molecule has 0 saturated carbocycles. The topological polar surface area (TPSA) is 72.2 Å². The molecular formula is C10H10F2N2O2. The fraction of sp³-hybridized carbons (Fsp3) is 0.200. The Morgan fingerprint density at radius 1 is 1.31 bits per heavy atom. The van der Waals surface area contributed by atoms with Crippen LogP contribution in [0, 0.1) is 18.6 Å². The van der Waals surface area contributed by atoms with Crippen LogP contribution in [0.15, 0.2) is 12.1 Å². The van der Waals surface area contributed by atoms with Crippen molar-refractivity contribution in [1.29, 1.82) is 0 Å². The number of carbonyl (C=O) groups is 2. The molecule has 0 atom stereocenters. The van der Waals surface area contributed by atoms with Crippen LogP contribution in [0.5, 0.6) is 0 Å². The molecule has 0 aliphatic rings. The van der Waals surface area contributed by atoms with Crippen LogP contribution >= 0.6 is 0 Å². The second kappa shape index (κ2) is 4.69. The number of hydrogen-bond acceptors (Lipinski definition) is 2. The lowest BCUT2D eigenvalue weighted by Crippen LogP contribution is -2.33. The van der Waals surface area contributed by atoms with E-state index < -0.39 is 30.0 Å². The number of carbonyl (C=O) groups excluding carboxylic acids is 2. The Morgan fingerprint density at radius 3 is 2.50 bits per heavy atom. The first-order valence-corrected chi connectivity index (χ1v) is 4.44. The molecule has 0 fully saturated rings. The van der Waals surface area contributed by atoms with E-state index in [-0.39, 0.29) is 11.1 Å². The van der Waals surface area contributed by atoms with E-state index >= 15 is 0 Å². The van der Waals surface area contributed by atoms with E-state index in [9.17, 15) is 18.4 Å². The average molecular weight is 228 g/mol. The Kier molecular flexibility index (Phi) is 3.55. The molecule has 6 heteroatoms. The minimum absolute atomic E-state index is 0.144. The molecule has 0 aromatic heterocycles. The lowest BCUT2D eigenvalue weighted by atomic mass is 10.1. The predicted molar refractivity (Wildman–Crippen MR) is 52.6 cm³/mol. The van der Waals surface area contributed by atoms with E-state index in [1.807, 2.05) is 0 Å². The van der Waals surface area contributed by atoms with Crippen LogP contribution < -0.4 is 11.1 Å². The van der Waals surface area contributed by atoms with Gasteiger partial charge in [0, 0.05) is 6.07 Å². The smallest absolute Gasteiger partial charge is 0.254 e. The molecule has 3 N–H and O–H groups in total. The van der Waals surface area contributed by atoms with Crippen molar-refractivity contribution < 1.29 is 18.4 Å². The molecule has 0 aliphatic carbocycles. The Morgan fingerprint density at radius 2 is 1.94 bits per heavy atom. The zero-order valence-corrected chi connectivity index (χ0v) is 8.51. The van der Waals surface area contributed by atoms with Gasteiger partial charge in [0.25, 0.3) is 5.91 Å². The van der Waals surface area contributed by atoms with Gasteiger partial charge in [-0.15, -0.1) is 0 Å². The summed E-state index contributed by atoms with van der Waals surface area (Å²) in [5, 5.41) is 2.11. The number of aryl methyl sites for hydroxylation is 1. The van der Waals surface area contributed by atoms with Crippen LogP contribution in [-0.2, 0) is 4.79 Å². The number of hydrogen-bond donors (Lipinski definition) is 2. The van der Waals surface area contributed by atoms with Crippen LogP contribution in [0.25, 0.3) is 0 Å². The number of nitrogens with one attached hydrogen (secondary N) is 1. The molecule has 16 heavy (non-hydrogen) atoms. The maximum atomic E-state index is 13.2. The first-order chi connectivity index (χ1) is 7.41. The highest BCUT2D eigenvalue weighted by atomic mass is 19.1. The Balaban J connectivity index is 2.91. The highest BCUT2D eigenvalue weighted by molar-refractivity contribution is 5.96. The second-order valence-corrected chi connectivity index (χ2v) is 3.23. The van der Waals surface area contributed by atoms with Crippen molar-refractivity contribution in [2.75, 3.05) is 6.54 Å². The maximum absolute atomic E-state index is 13.2. The number of primary amides is 1. The molecule has 4 nitrogen and oxygen atoms in total. The Bertz CT molecular complexity index is 447. The van der Waals surface area contributed by atoms with E-state index in [2.05, 4.69) is 5.32 Å². The minimum Gasteiger partial charge on any atom is -0.368 e. The molecular weight excluding hydrogens is 218 g/mol. The largest absolute Gasteiger partial charge is 0.368 e. The van der Waals surface area contributed by atoms with Crippen molar-refractivity contribution in [3.8, 4) is 0 Å². The molecule has 0 aliphatic heterocycles. The summed E-state index contributed by atoms with van der Waals surface area (Å²) in [5.74, 6) is -3.26. The summed E-state index contributed by atoms with van der Waals surface area (Å²) in [7, 11) is 0. The van der Waals surface area contributed by atoms with Crippen LogP contribution in [0.3, 0.4) is 0 Å². The molecule has 0 spiro atoms. The normalized spacial score (nSPS) is 9.94. The molecule has 0 unspecified atom stereocenters. The van der Waals surface area contributed by atoms with Crippen LogP contribution in [0.1, 0.15) is 15.9 Å². The lowest BCUT2D eigenvalue weighted by molar-refractivity contribution is -0.117. The monoisotopic (exact) mass is 228 g/mol. The summed E-state index contributed by atoms with van der Waals surface area (Å²) in [6, 6.07) is 1.69. The number of halogens is 2. The zero-order valence-electron chi connectivity index (χ0n) is 8.51. The van der Waals surface area contributed by atoms with Gasteiger partial charge in [-0.3, -0.25) is 9.59 Å². The Hall–Kier alpha value is -1.98. The highest BCUT2D eigenvalue weighted by Gasteiger charge is 2.14. The standard InChI is InChI=1S/C10H10F2N2O2/c1-5-2-6(8(12)3-7(5)11)10(16)14-4-9(13)15/h2-3H,4H2,1H3,(H2,13,15)(H,14,16). The Labute approximate surface area is 90.4 Å². The predicted octanol–water partition coefficient (Wildman–Crippen LogP) is 0.488. The molecule has 86 valence electrons. The van der Waals surface area contributed by atoms with Gasteiger partial charge in [-0.1, -0.05) is 0 Å². The van der Waals surface area contributed by atoms with Gasteiger partial charge < -0.3 is 11.1 Å².